The molecular formula is C18H18O6. The molecule has 0 saturated heterocycles. The van der Waals surface area contributed by atoms with Crippen LogP contribution in [0, 0.1) is 6.92 Å². The van der Waals surface area contributed by atoms with Crippen LogP contribution in [-0.4, -0.2) is 33.0 Å². The largest absolute Gasteiger partial charge is 0.467 e. The van der Waals surface area contributed by atoms with Gasteiger partial charge in [0.2, 0.25) is 0 Å². The fourth-order valence-electron chi connectivity index (χ4n) is 2.13. The molecule has 0 aliphatic heterocycles. The van der Waals surface area contributed by atoms with E-state index in [9.17, 15) is 9.59 Å². The van der Waals surface area contributed by atoms with Gasteiger partial charge in [-0.1, -0.05) is 18.2 Å². The van der Waals surface area contributed by atoms with Crippen molar-refractivity contribution >= 4 is 11.9 Å². The van der Waals surface area contributed by atoms with Gasteiger partial charge in [-0.05, 0) is 36.8 Å². The lowest BCUT2D eigenvalue weighted by Gasteiger charge is -2.14. The van der Waals surface area contributed by atoms with Crippen molar-refractivity contribution in [1.29, 1.82) is 0 Å². The van der Waals surface area contributed by atoms with Crippen LogP contribution < -0.4 is 9.47 Å². The summed E-state index contributed by atoms with van der Waals surface area (Å²) in [7, 11) is 2.73. The third kappa shape index (κ3) is 4.11. The van der Waals surface area contributed by atoms with Crippen LogP contribution in [0.4, 0.5) is 0 Å². The number of aryl methyl sites for hydroxylation is 1. The molecule has 0 amide bonds. The summed E-state index contributed by atoms with van der Waals surface area (Å²) in [6.45, 7) is 1.62. The first-order valence-corrected chi connectivity index (χ1v) is 7.18. The van der Waals surface area contributed by atoms with Gasteiger partial charge in [0.05, 0.1) is 12.7 Å². The van der Waals surface area contributed by atoms with Crippen LogP contribution in [-0.2, 0) is 9.47 Å². The van der Waals surface area contributed by atoms with Crippen molar-refractivity contribution < 1.29 is 28.5 Å². The van der Waals surface area contributed by atoms with Crippen LogP contribution in [0.25, 0.3) is 0 Å². The Kier molecular flexibility index (Phi) is 5.92. The molecule has 2 aromatic rings. The first-order valence-electron chi connectivity index (χ1n) is 7.18. The molecule has 0 fully saturated rings. The molecule has 126 valence electrons. The lowest BCUT2D eigenvalue weighted by atomic mass is 10.0. The van der Waals surface area contributed by atoms with E-state index in [-0.39, 0.29) is 23.7 Å². The van der Waals surface area contributed by atoms with Crippen LogP contribution in [0.5, 0.6) is 11.5 Å². The predicted octanol–water partition coefficient (Wildman–Crippen LogP) is 2.98. The lowest BCUT2D eigenvalue weighted by Crippen LogP contribution is -2.14. The van der Waals surface area contributed by atoms with Crippen molar-refractivity contribution in [2.75, 3.05) is 21.0 Å². The number of benzene rings is 2. The second-order valence-electron chi connectivity index (χ2n) is 4.91. The molecule has 0 heterocycles. The van der Waals surface area contributed by atoms with Crippen molar-refractivity contribution in [2.24, 2.45) is 0 Å². The van der Waals surface area contributed by atoms with Gasteiger partial charge in [0, 0.05) is 7.11 Å². The van der Waals surface area contributed by atoms with Crippen LogP contribution >= 0.6 is 0 Å². The summed E-state index contributed by atoms with van der Waals surface area (Å²) in [4.78, 5) is 24.2. The highest BCUT2D eigenvalue weighted by molar-refractivity contribution is 5.98. The number of carbonyl (C=O) groups is 2. The molecule has 0 bridgehead atoms. The van der Waals surface area contributed by atoms with E-state index in [1.807, 2.05) is 6.07 Å². The SMILES string of the molecule is COCOc1cc(C(=O)Oc2ccccc2)cc(C)c1C(=O)OC. The van der Waals surface area contributed by atoms with E-state index in [1.165, 1.54) is 20.3 Å². The minimum atomic E-state index is -0.554. The molecule has 0 radical (unpaired) electrons. The molecule has 6 nitrogen and oxygen atoms in total. The molecule has 0 aliphatic carbocycles. The van der Waals surface area contributed by atoms with E-state index in [0.29, 0.717) is 11.3 Å². The summed E-state index contributed by atoms with van der Waals surface area (Å²) >= 11 is 0. The maximum atomic E-state index is 12.3. The van der Waals surface area contributed by atoms with Crippen LogP contribution in [0.1, 0.15) is 26.3 Å². The van der Waals surface area contributed by atoms with Gasteiger partial charge < -0.3 is 18.9 Å². The predicted molar refractivity (Wildman–Crippen MR) is 86.4 cm³/mol. The number of carbonyl (C=O) groups excluding carboxylic acids is 2. The van der Waals surface area contributed by atoms with E-state index < -0.39 is 11.9 Å². The third-order valence-electron chi connectivity index (χ3n) is 3.21. The zero-order valence-electron chi connectivity index (χ0n) is 13.7. The first kappa shape index (κ1) is 17.5. The molecule has 6 heteroatoms. The Morgan fingerprint density at radius 2 is 1.71 bits per heavy atom. The van der Waals surface area contributed by atoms with Crippen molar-refractivity contribution in [1.82, 2.24) is 0 Å². The van der Waals surface area contributed by atoms with E-state index >= 15 is 0 Å². The molecule has 0 spiro atoms. The van der Waals surface area contributed by atoms with Gasteiger partial charge in [-0.25, -0.2) is 9.59 Å². The standard InChI is InChI=1S/C18H18O6/c1-12-9-13(17(19)24-14-7-5-4-6-8-14)10-15(23-11-21-2)16(12)18(20)22-3/h4-10H,11H2,1-3H3. The van der Waals surface area contributed by atoms with Crippen LogP contribution in [0.3, 0.4) is 0 Å². The van der Waals surface area contributed by atoms with Crippen molar-refractivity contribution in [3.05, 3.63) is 59.2 Å². The average molecular weight is 330 g/mol. The monoisotopic (exact) mass is 330 g/mol. The highest BCUT2D eigenvalue weighted by Gasteiger charge is 2.21. The number of hydrogen-bond acceptors (Lipinski definition) is 6. The Bertz CT molecular complexity index is 724. The first-order chi connectivity index (χ1) is 11.6. The molecule has 0 unspecified atom stereocenters. The third-order valence-corrected chi connectivity index (χ3v) is 3.21. The second-order valence-corrected chi connectivity index (χ2v) is 4.91. The zero-order valence-corrected chi connectivity index (χ0v) is 13.7. The molecule has 0 aromatic heterocycles. The van der Waals surface area contributed by atoms with Crippen LogP contribution in [0.15, 0.2) is 42.5 Å². The van der Waals surface area contributed by atoms with Gasteiger partial charge in [0.15, 0.2) is 6.79 Å². The Balaban J connectivity index is 2.35. The number of hydrogen-bond donors (Lipinski definition) is 0. The molecule has 0 aliphatic rings. The molecule has 0 N–H and O–H groups in total. The van der Waals surface area contributed by atoms with E-state index in [4.69, 9.17) is 18.9 Å². The fourth-order valence-corrected chi connectivity index (χ4v) is 2.13. The van der Waals surface area contributed by atoms with Gasteiger partial charge in [-0.3, -0.25) is 0 Å². The highest BCUT2D eigenvalue weighted by atomic mass is 16.7. The fraction of sp³-hybridized carbons (Fsp3) is 0.222. The van der Waals surface area contributed by atoms with Crippen molar-refractivity contribution in [2.45, 2.75) is 6.92 Å². The highest BCUT2D eigenvalue weighted by Crippen LogP contribution is 2.26. The number of ether oxygens (including phenoxy) is 4. The minimum Gasteiger partial charge on any atom is -0.467 e. The Hall–Kier alpha value is -2.86. The normalized spacial score (nSPS) is 10.1. The summed E-state index contributed by atoms with van der Waals surface area (Å²) in [5.41, 5.74) is 1.04. The lowest BCUT2D eigenvalue weighted by molar-refractivity contribution is 0.0461. The molecule has 0 saturated carbocycles. The molecule has 0 atom stereocenters. The van der Waals surface area contributed by atoms with E-state index in [2.05, 4.69) is 0 Å². The quantitative estimate of drug-likeness (QED) is 0.461. The van der Waals surface area contributed by atoms with Crippen LogP contribution in [0.2, 0.25) is 0 Å². The number of methoxy groups -OCH3 is 2. The number of rotatable bonds is 6. The van der Waals surface area contributed by atoms with E-state index in [0.717, 1.165) is 0 Å². The summed E-state index contributed by atoms with van der Waals surface area (Å²) < 4.78 is 20.3. The maximum Gasteiger partial charge on any atom is 0.343 e. The van der Waals surface area contributed by atoms with Crippen molar-refractivity contribution in [3.63, 3.8) is 0 Å². The van der Waals surface area contributed by atoms with Gasteiger partial charge >= 0.3 is 11.9 Å². The smallest absolute Gasteiger partial charge is 0.343 e. The topological polar surface area (TPSA) is 71.1 Å². The summed E-state index contributed by atoms with van der Waals surface area (Å²) in [6, 6.07) is 11.7. The maximum absolute atomic E-state index is 12.3. The van der Waals surface area contributed by atoms with Gasteiger partial charge in [-0.2, -0.15) is 0 Å². The number of para-hydroxylation sites is 1. The average Bonchev–Trinajstić information content (AvgIpc) is 2.59. The summed E-state index contributed by atoms with van der Waals surface area (Å²) in [5.74, 6) is -0.482. The molecule has 2 rings (SSSR count). The van der Waals surface area contributed by atoms with E-state index in [1.54, 1.807) is 37.3 Å². The summed E-state index contributed by atoms with van der Waals surface area (Å²) in [5, 5.41) is 0. The Morgan fingerprint density at radius 1 is 1.00 bits per heavy atom. The van der Waals surface area contributed by atoms with Crippen molar-refractivity contribution in [3.8, 4) is 11.5 Å². The van der Waals surface area contributed by atoms with Gasteiger partial charge in [-0.15, -0.1) is 0 Å². The molecule has 2 aromatic carbocycles. The Labute approximate surface area is 139 Å². The zero-order chi connectivity index (χ0) is 17.5. The summed E-state index contributed by atoms with van der Waals surface area (Å²) in [6.07, 6.45) is 0. The molecule has 24 heavy (non-hydrogen) atoms. The minimum absolute atomic E-state index is 0.0688. The Morgan fingerprint density at radius 3 is 2.33 bits per heavy atom. The molecular weight excluding hydrogens is 312 g/mol. The second kappa shape index (κ2) is 8.12. The number of esters is 2. The van der Waals surface area contributed by atoms with Gasteiger partial charge in [0.25, 0.3) is 0 Å². The van der Waals surface area contributed by atoms with Gasteiger partial charge in [0.1, 0.15) is 17.1 Å².